The van der Waals surface area contributed by atoms with E-state index in [9.17, 15) is 14.9 Å². The van der Waals surface area contributed by atoms with Crippen LogP contribution in [0.3, 0.4) is 0 Å². The standard InChI is InChI=1S/C16H16Cl3N3O3/c1-22(16(9-20)5-3-2-4-6-16)11(23)8-25-15(24)14-13(19)12(18)10(17)7-21-14/h7H,2-6,8H2,1H3. The number of halogens is 3. The largest absolute Gasteiger partial charge is 0.451 e. The van der Waals surface area contributed by atoms with Gasteiger partial charge >= 0.3 is 5.97 Å². The zero-order valence-electron chi connectivity index (χ0n) is 13.5. The Morgan fingerprint density at radius 1 is 1.28 bits per heavy atom. The molecular weight excluding hydrogens is 389 g/mol. The number of pyridine rings is 1. The maximum Gasteiger partial charge on any atom is 0.359 e. The lowest BCUT2D eigenvalue weighted by Crippen LogP contribution is -2.51. The van der Waals surface area contributed by atoms with Crippen molar-refractivity contribution in [1.82, 2.24) is 9.88 Å². The second-order valence-electron chi connectivity index (χ2n) is 5.82. The molecule has 6 nitrogen and oxygen atoms in total. The van der Waals surface area contributed by atoms with Crippen LogP contribution < -0.4 is 0 Å². The number of carbonyl (C=O) groups is 2. The molecule has 0 bridgehead atoms. The molecule has 134 valence electrons. The molecule has 1 heterocycles. The van der Waals surface area contributed by atoms with Gasteiger partial charge in [0.25, 0.3) is 5.91 Å². The summed E-state index contributed by atoms with van der Waals surface area (Å²) in [5.74, 6) is -1.35. The first-order chi connectivity index (χ1) is 11.8. The first kappa shape index (κ1) is 19.8. The molecule has 1 aromatic heterocycles. The van der Waals surface area contributed by atoms with Crippen molar-refractivity contribution >= 4 is 46.7 Å². The Hall–Kier alpha value is -1.55. The fraction of sp³-hybridized carbons (Fsp3) is 0.500. The minimum atomic E-state index is -0.889. The van der Waals surface area contributed by atoms with E-state index in [2.05, 4.69) is 11.1 Å². The van der Waals surface area contributed by atoms with Crippen molar-refractivity contribution < 1.29 is 14.3 Å². The molecule has 0 unspecified atom stereocenters. The Labute approximate surface area is 160 Å². The summed E-state index contributed by atoms with van der Waals surface area (Å²) >= 11 is 17.5. The number of carbonyl (C=O) groups excluding carboxylic acids is 2. The smallest absolute Gasteiger partial charge is 0.359 e. The van der Waals surface area contributed by atoms with E-state index in [1.807, 2.05) is 0 Å². The number of ether oxygens (including phenoxy) is 1. The molecule has 0 spiro atoms. The summed E-state index contributed by atoms with van der Waals surface area (Å²) in [6.07, 6.45) is 5.20. The lowest BCUT2D eigenvalue weighted by atomic mass is 9.81. The molecular formula is C16H16Cl3N3O3. The molecule has 0 saturated heterocycles. The van der Waals surface area contributed by atoms with Crippen molar-refractivity contribution in [3.05, 3.63) is 27.0 Å². The lowest BCUT2D eigenvalue weighted by Gasteiger charge is -2.38. The van der Waals surface area contributed by atoms with E-state index in [1.165, 1.54) is 11.1 Å². The third-order valence-corrected chi connectivity index (χ3v) is 5.58. The normalized spacial score (nSPS) is 16.0. The zero-order valence-corrected chi connectivity index (χ0v) is 15.8. The zero-order chi connectivity index (χ0) is 18.6. The van der Waals surface area contributed by atoms with E-state index in [-0.39, 0.29) is 20.8 Å². The van der Waals surface area contributed by atoms with Gasteiger partial charge in [0.05, 0.1) is 21.1 Å². The molecule has 2 rings (SSSR count). The van der Waals surface area contributed by atoms with Gasteiger partial charge in [0.2, 0.25) is 0 Å². The summed E-state index contributed by atoms with van der Waals surface area (Å²) in [5, 5.41) is 9.45. The predicted molar refractivity (Wildman–Crippen MR) is 93.7 cm³/mol. The number of hydrogen-bond donors (Lipinski definition) is 0. The molecule has 0 aromatic carbocycles. The maximum atomic E-state index is 12.3. The summed E-state index contributed by atoms with van der Waals surface area (Å²) in [5.41, 5.74) is -1.07. The Bertz CT molecular complexity index is 727. The predicted octanol–water partition coefficient (Wildman–Crippen LogP) is 3.88. The van der Waals surface area contributed by atoms with Gasteiger partial charge in [-0.15, -0.1) is 0 Å². The highest BCUT2D eigenvalue weighted by atomic mass is 35.5. The SMILES string of the molecule is CN(C(=O)COC(=O)c1ncc(Cl)c(Cl)c1Cl)C1(C#N)CCCCC1. The van der Waals surface area contributed by atoms with E-state index in [0.29, 0.717) is 12.8 Å². The number of hydrogen-bond acceptors (Lipinski definition) is 5. The van der Waals surface area contributed by atoms with Gasteiger partial charge in [0.15, 0.2) is 12.3 Å². The molecule has 25 heavy (non-hydrogen) atoms. The van der Waals surface area contributed by atoms with Crippen molar-refractivity contribution in [2.45, 2.75) is 37.6 Å². The first-order valence-corrected chi connectivity index (χ1v) is 8.80. The van der Waals surface area contributed by atoms with Crippen molar-refractivity contribution in [2.75, 3.05) is 13.7 Å². The van der Waals surface area contributed by atoms with Crippen LogP contribution in [0.15, 0.2) is 6.20 Å². The van der Waals surface area contributed by atoms with Crippen LogP contribution in [0.4, 0.5) is 0 Å². The fourth-order valence-electron chi connectivity index (χ4n) is 2.78. The molecule has 0 atom stereocenters. The summed E-state index contributed by atoms with van der Waals surface area (Å²) in [4.78, 5) is 29.6. The summed E-state index contributed by atoms with van der Waals surface area (Å²) in [6, 6.07) is 2.24. The molecule has 0 N–H and O–H groups in total. The minimum absolute atomic E-state index is 0.0145. The van der Waals surface area contributed by atoms with Crippen LogP contribution in [0.5, 0.6) is 0 Å². The van der Waals surface area contributed by atoms with E-state index >= 15 is 0 Å². The van der Waals surface area contributed by atoms with Crippen LogP contribution in [0.1, 0.15) is 42.6 Å². The molecule has 1 amide bonds. The van der Waals surface area contributed by atoms with Gasteiger partial charge in [-0.3, -0.25) is 4.79 Å². The highest BCUT2D eigenvalue weighted by Crippen LogP contribution is 2.33. The Kier molecular flexibility index (Phi) is 6.50. The molecule has 0 aliphatic heterocycles. The van der Waals surface area contributed by atoms with Gasteiger partial charge in [0, 0.05) is 13.2 Å². The molecule has 0 radical (unpaired) electrons. The number of esters is 1. The van der Waals surface area contributed by atoms with Crippen molar-refractivity contribution in [2.24, 2.45) is 0 Å². The topological polar surface area (TPSA) is 83.3 Å². The Balaban J connectivity index is 2.03. The third-order valence-electron chi connectivity index (χ3n) is 4.34. The molecule has 1 aromatic rings. The highest BCUT2D eigenvalue weighted by Gasteiger charge is 2.39. The number of aromatic nitrogens is 1. The molecule has 1 fully saturated rings. The fourth-order valence-corrected chi connectivity index (χ4v) is 3.33. The summed E-state index contributed by atoms with van der Waals surface area (Å²) in [6.45, 7) is -0.517. The molecule has 9 heteroatoms. The van der Waals surface area contributed by atoms with Crippen LogP contribution in [0.25, 0.3) is 0 Å². The van der Waals surface area contributed by atoms with E-state index in [4.69, 9.17) is 39.5 Å². The van der Waals surface area contributed by atoms with E-state index < -0.39 is 24.0 Å². The second kappa shape index (κ2) is 8.22. The average Bonchev–Trinajstić information content (AvgIpc) is 2.63. The molecule has 1 saturated carbocycles. The van der Waals surface area contributed by atoms with Gasteiger partial charge in [-0.2, -0.15) is 5.26 Å². The van der Waals surface area contributed by atoms with Crippen LogP contribution >= 0.6 is 34.8 Å². The molecule has 1 aliphatic rings. The monoisotopic (exact) mass is 403 g/mol. The lowest BCUT2D eigenvalue weighted by molar-refractivity contribution is -0.138. The van der Waals surface area contributed by atoms with Crippen LogP contribution in [0, 0.1) is 11.3 Å². The highest BCUT2D eigenvalue weighted by molar-refractivity contribution is 6.48. The number of rotatable bonds is 4. The Morgan fingerprint density at radius 2 is 1.92 bits per heavy atom. The first-order valence-electron chi connectivity index (χ1n) is 7.67. The van der Waals surface area contributed by atoms with Gasteiger partial charge in [0.1, 0.15) is 5.54 Å². The van der Waals surface area contributed by atoms with Gasteiger partial charge in [-0.25, -0.2) is 9.78 Å². The van der Waals surface area contributed by atoms with Gasteiger partial charge in [-0.05, 0) is 12.8 Å². The van der Waals surface area contributed by atoms with Crippen molar-refractivity contribution in [1.29, 1.82) is 5.26 Å². The summed E-state index contributed by atoms with van der Waals surface area (Å²) < 4.78 is 4.98. The number of nitriles is 1. The second-order valence-corrected chi connectivity index (χ2v) is 6.98. The van der Waals surface area contributed by atoms with Crippen molar-refractivity contribution in [3.63, 3.8) is 0 Å². The number of amides is 1. The van der Waals surface area contributed by atoms with Crippen molar-refractivity contribution in [3.8, 4) is 6.07 Å². The summed E-state index contributed by atoms with van der Waals surface area (Å²) in [7, 11) is 1.55. The van der Waals surface area contributed by atoms with Crippen LogP contribution in [0.2, 0.25) is 15.1 Å². The van der Waals surface area contributed by atoms with Crippen LogP contribution in [-0.2, 0) is 9.53 Å². The minimum Gasteiger partial charge on any atom is -0.451 e. The van der Waals surface area contributed by atoms with Crippen LogP contribution in [-0.4, -0.2) is 41.0 Å². The third kappa shape index (κ3) is 4.17. The van der Waals surface area contributed by atoms with Gasteiger partial charge < -0.3 is 9.64 Å². The quantitative estimate of drug-likeness (QED) is 0.711. The van der Waals surface area contributed by atoms with E-state index in [0.717, 1.165) is 19.3 Å². The number of likely N-dealkylation sites (N-methyl/N-ethyl adjacent to an activating group) is 1. The average molecular weight is 405 g/mol. The maximum absolute atomic E-state index is 12.3. The Morgan fingerprint density at radius 3 is 2.52 bits per heavy atom. The molecule has 1 aliphatic carbocycles. The number of nitrogens with zero attached hydrogens (tertiary/aromatic N) is 3. The van der Waals surface area contributed by atoms with Gasteiger partial charge in [-0.1, -0.05) is 54.1 Å². The van der Waals surface area contributed by atoms with E-state index in [1.54, 1.807) is 7.05 Å².